The van der Waals surface area contributed by atoms with E-state index in [1.165, 1.54) is 23.9 Å². The number of amides is 2. The lowest BCUT2D eigenvalue weighted by atomic mass is 9.84. The Hall–Kier alpha value is -2.34. The maximum atomic E-state index is 13.6. The number of hydrogen-bond acceptors (Lipinski definition) is 3. The minimum absolute atomic E-state index is 0.00584. The predicted octanol–water partition coefficient (Wildman–Crippen LogP) is 6.01. The number of carbonyl (C=O) groups is 2. The molecule has 0 aliphatic carbocycles. The summed E-state index contributed by atoms with van der Waals surface area (Å²) in [7, 11) is 0. The summed E-state index contributed by atoms with van der Waals surface area (Å²) in [5.41, 5.74) is 2.43. The summed E-state index contributed by atoms with van der Waals surface area (Å²) >= 11 is 1.51. The predicted molar refractivity (Wildman–Crippen MR) is 122 cm³/mol. The van der Waals surface area contributed by atoms with Crippen LogP contribution < -0.4 is 10.2 Å². The fourth-order valence-corrected chi connectivity index (χ4v) is 5.13. The number of halogens is 1. The molecule has 4 nitrogen and oxygen atoms in total. The Labute approximate surface area is 182 Å². The fourth-order valence-electron chi connectivity index (χ4n) is 3.95. The fraction of sp³-hybridized carbons (Fsp3) is 0.417. The molecule has 0 aromatic heterocycles. The van der Waals surface area contributed by atoms with Crippen molar-refractivity contribution in [3.63, 3.8) is 0 Å². The van der Waals surface area contributed by atoms with Crippen molar-refractivity contribution >= 4 is 35.0 Å². The second-order valence-electron chi connectivity index (χ2n) is 9.15. The molecule has 1 aliphatic rings. The van der Waals surface area contributed by atoms with Crippen LogP contribution in [0.2, 0.25) is 0 Å². The SMILES string of the molecule is CC(CC(=O)Nc1ccc(C2SCC(=O)N2c2cccc(F)c2)cc1)CC(C)(C)C. The van der Waals surface area contributed by atoms with E-state index in [9.17, 15) is 14.0 Å². The standard InChI is InChI=1S/C24H29FN2O2S/c1-16(14-24(2,3)4)12-21(28)26-19-10-8-17(9-11-19)23-27(22(29)15-30-23)20-7-5-6-18(25)13-20/h5-11,13,16,23H,12,14-15H2,1-4H3,(H,26,28). The van der Waals surface area contributed by atoms with E-state index in [-0.39, 0.29) is 28.4 Å². The van der Waals surface area contributed by atoms with Crippen LogP contribution in [-0.4, -0.2) is 17.6 Å². The summed E-state index contributed by atoms with van der Waals surface area (Å²) in [6, 6.07) is 13.6. The molecule has 1 fully saturated rings. The zero-order valence-electron chi connectivity index (χ0n) is 17.9. The molecule has 2 aromatic rings. The first-order chi connectivity index (χ1) is 14.1. The number of thioether (sulfide) groups is 1. The van der Waals surface area contributed by atoms with E-state index in [0.717, 1.165) is 17.7 Å². The number of benzene rings is 2. The van der Waals surface area contributed by atoms with Gasteiger partial charge in [-0.1, -0.05) is 45.9 Å². The number of carbonyl (C=O) groups excluding carboxylic acids is 2. The summed E-state index contributed by atoms with van der Waals surface area (Å²) in [6.45, 7) is 8.64. The Kier molecular flexibility index (Phi) is 6.86. The van der Waals surface area contributed by atoms with Gasteiger partial charge < -0.3 is 5.32 Å². The minimum Gasteiger partial charge on any atom is -0.326 e. The lowest BCUT2D eigenvalue weighted by Crippen LogP contribution is -2.27. The van der Waals surface area contributed by atoms with Crippen LogP contribution in [0.5, 0.6) is 0 Å². The van der Waals surface area contributed by atoms with Crippen molar-refractivity contribution in [1.29, 1.82) is 0 Å². The third-order valence-corrected chi connectivity index (χ3v) is 6.14. The second-order valence-corrected chi connectivity index (χ2v) is 10.2. The third kappa shape index (κ3) is 5.85. The van der Waals surface area contributed by atoms with Gasteiger partial charge in [0.25, 0.3) is 0 Å². The van der Waals surface area contributed by atoms with Gasteiger partial charge in [0, 0.05) is 17.8 Å². The molecule has 2 unspecified atom stereocenters. The van der Waals surface area contributed by atoms with Crippen LogP contribution in [0.1, 0.15) is 51.5 Å². The first-order valence-corrected chi connectivity index (χ1v) is 11.3. The normalized spacial score (nSPS) is 17.8. The van der Waals surface area contributed by atoms with Crippen molar-refractivity contribution in [1.82, 2.24) is 0 Å². The number of rotatable bonds is 6. The van der Waals surface area contributed by atoms with E-state index in [2.05, 4.69) is 33.0 Å². The van der Waals surface area contributed by atoms with Gasteiger partial charge in [0.1, 0.15) is 11.2 Å². The Morgan fingerprint density at radius 1 is 1.23 bits per heavy atom. The van der Waals surface area contributed by atoms with Crippen LogP contribution in [0, 0.1) is 17.2 Å². The van der Waals surface area contributed by atoms with Crippen molar-refractivity contribution < 1.29 is 14.0 Å². The Morgan fingerprint density at radius 2 is 1.93 bits per heavy atom. The van der Waals surface area contributed by atoms with Crippen molar-refractivity contribution in [3.8, 4) is 0 Å². The number of anilines is 2. The lowest BCUT2D eigenvalue weighted by molar-refractivity contribution is -0.117. The van der Waals surface area contributed by atoms with E-state index in [1.807, 2.05) is 24.3 Å². The van der Waals surface area contributed by atoms with Crippen LogP contribution in [0.25, 0.3) is 0 Å². The lowest BCUT2D eigenvalue weighted by Gasteiger charge is -2.24. The molecular formula is C24H29FN2O2S. The molecule has 0 saturated carbocycles. The van der Waals surface area contributed by atoms with E-state index in [0.29, 0.717) is 23.8 Å². The molecule has 1 saturated heterocycles. The molecule has 2 aromatic carbocycles. The summed E-state index contributed by atoms with van der Waals surface area (Å²) in [4.78, 5) is 26.4. The molecule has 2 amide bonds. The highest BCUT2D eigenvalue weighted by Gasteiger charge is 2.34. The molecule has 3 rings (SSSR count). The average molecular weight is 429 g/mol. The van der Waals surface area contributed by atoms with Crippen molar-refractivity contribution in [2.45, 2.75) is 45.9 Å². The molecule has 1 heterocycles. The van der Waals surface area contributed by atoms with Gasteiger partial charge in [0.05, 0.1) is 5.75 Å². The van der Waals surface area contributed by atoms with Crippen LogP contribution in [0.3, 0.4) is 0 Å². The van der Waals surface area contributed by atoms with Gasteiger partial charge in [0.15, 0.2) is 0 Å². The summed E-state index contributed by atoms with van der Waals surface area (Å²) in [5, 5.41) is 2.75. The number of nitrogens with one attached hydrogen (secondary N) is 1. The highest BCUT2D eigenvalue weighted by molar-refractivity contribution is 8.00. The van der Waals surface area contributed by atoms with Crippen molar-refractivity contribution in [2.75, 3.05) is 16.0 Å². The second kappa shape index (κ2) is 9.21. The number of hydrogen-bond donors (Lipinski definition) is 1. The van der Waals surface area contributed by atoms with Gasteiger partial charge in [-0.2, -0.15) is 0 Å². The zero-order chi connectivity index (χ0) is 21.9. The van der Waals surface area contributed by atoms with Gasteiger partial charge in [0.2, 0.25) is 11.8 Å². The molecule has 2 atom stereocenters. The summed E-state index contributed by atoms with van der Waals surface area (Å²) < 4.78 is 13.6. The van der Waals surface area contributed by atoms with E-state index in [1.54, 1.807) is 17.0 Å². The van der Waals surface area contributed by atoms with Gasteiger partial charge in [-0.3, -0.25) is 14.5 Å². The molecule has 30 heavy (non-hydrogen) atoms. The van der Waals surface area contributed by atoms with Crippen LogP contribution in [-0.2, 0) is 9.59 Å². The number of nitrogens with zero attached hydrogens (tertiary/aromatic N) is 1. The summed E-state index contributed by atoms with van der Waals surface area (Å²) in [5.74, 6) is 0.262. The van der Waals surface area contributed by atoms with Crippen LogP contribution in [0.4, 0.5) is 15.8 Å². The Balaban J connectivity index is 1.66. The largest absolute Gasteiger partial charge is 0.326 e. The molecular weight excluding hydrogens is 399 g/mol. The minimum atomic E-state index is -0.366. The first kappa shape index (κ1) is 22.3. The van der Waals surface area contributed by atoms with E-state index >= 15 is 0 Å². The molecule has 160 valence electrons. The highest BCUT2D eigenvalue weighted by Crippen LogP contribution is 2.42. The van der Waals surface area contributed by atoms with Gasteiger partial charge >= 0.3 is 0 Å². The smallest absolute Gasteiger partial charge is 0.238 e. The first-order valence-electron chi connectivity index (χ1n) is 10.2. The maximum Gasteiger partial charge on any atom is 0.238 e. The Bertz CT molecular complexity index is 908. The zero-order valence-corrected chi connectivity index (χ0v) is 18.8. The topological polar surface area (TPSA) is 49.4 Å². The molecule has 1 N–H and O–H groups in total. The van der Waals surface area contributed by atoms with Crippen LogP contribution >= 0.6 is 11.8 Å². The molecule has 0 spiro atoms. The van der Waals surface area contributed by atoms with Crippen LogP contribution in [0.15, 0.2) is 48.5 Å². The highest BCUT2D eigenvalue weighted by atomic mass is 32.2. The van der Waals surface area contributed by atoms with Gasteiger partial charge in [-0.15, -0.1) is 11.8 Å². The van der Waals surface area contributed by atoms with Gasteiger partial charge in [-0.25, -0.2) is 4.39 Å². The van der Waals surface area contributed by atoms with E-state index in [4.69, 9.17) is 0 Å². The molecule has 1 aliphatic heterocycles. The average Bonchev–Trinajstić information content (AvgIpc) is 3.02. The van der Waals surface area contributed by atoms with Gasteiger partial charge in [-0.05, 0) is 53.6 Å². The molecule has 0 bridgehead atoms. The maximum absolute atomic E-state index is 13.6. The quantitative estimate of drug-likeness (QED) is 0.613. The summed E-state index contributed by atoms with van der Waals surface area (Å²) in [6.07, 6.45) is 1.47. The molecule has 6 heteroatoms. The Morgan fingerprint density at radius 3 is 2.57 bits per heavy atom. The van der Waals surface area contributed by atoms with Crippen molar-refractivity contribution in [3.05, 3.63) is 59.9 Å². The van der Waals surface area contributed by atoms with Crippen molar-refractivity contribution in [2.24, 2.45) is 11.3 Å². The monoisotopic (exact) mass is 428 g/mol. The third-order valence-electron chi connectivity index (χ3n) is 4.93. The molecule has 0 radical (unpaired) electrons. The van der Waals surface area contributed by atoms with E-state index < -0.39 is 0 Å².